The molecule has 21 heavy (non-hydrogen) atoms. The molecule has 0 saturated heterocycles. The molecule has 0 aliphatic rings. The summed E-state index contributed by atoms with van der Waals surface area (Å²) in [5.74, 6) is -1.22. The van der Waals surface area contributed by atoms with Crippen LogP contribution in [0.3, 0.4) is 0 Å². The van der Waals surface area contributed by atoms with Crippen molar-refractivity contribution in [3.05, 3.63) is 35.1 Å². The molecule has 0 radical (unpaired) electrons. The minimum absolute atomic E-state index is 0.164. The summed E-state index contributed by atoms with van der Waals surface area (Å²) >= 11 is 0. The molecular formula is C15H22F4N2. The van der Waals surface area contributed by atoms with E-state index < -0.39 is 17.6 Å². The second-order valence-electron chi connectivity index (χ2n) is 4.89. The summed E-state index contributed by atoms with van der Waals surface area (Å²) in [6.07, 6.45) is -3.94. The summed E-state index contributed by atoms with van der Waals surface area (Å²) in [6.45, 7) is 6.73. The number of rotatable bonds is 7. The molecular weight excluding hydrogens is 284 g/mol. The lowest BCUT2D eigenvalue weighted by Crippen LogP contribution is -2.28. The molecule has 1 atom stereocenters. The highest BCUT2D eigenvalue weighted by Crippen LogP contribution is 2.32. The number of alkyl halides is 3. The fraction of sp³-hybridized carbons (Fsp3) is 0.600. The lowest BCUT2D eigenvalue weighted by molar-refractivity contribution is -0.140. The molecule has 6 heteroatoms. The highest BCUT2D eigenvalue weighted by Gasteiger charge is 2.34. The molecule has 0 aliphatic carbocycles. The van der Waals surface area contributed by atoms with Gasteiger partial charge in [-0.25, -0.2) is 4.39 Å². The van der Waals surface area contributed by atoms with E-state index in [4.69, 9.17) is 0 Å². The Morgan fingerprint density at radius 2 is 1.81 bits per heavy atom. The van der Waals surface area contributed by atoms with E-state index in [0.717, 1.165) is 31.8 Å². The molecule has 2 nitrogen and oxygen atoms in total. The maximum Gasteiger partial charge on any atom is 0.419 e. The van der Waals surface area contributed by atoms with Crippen LogP contribution in [0.4, 0.5) is 17.6 Å². The van der Waals surface area contributed by atoms with Crippen molar-refractivity contribution < 1.29 is 17.6 Å². The number of benzene rings is 1. The van der Waals surface area contributed by atoms with Crippen molar-refractivity contribution in [3.8, 4) is 0 Å². The molecule has 0 heterocycles. The average Bonchev–Trinajstić information content (AvgIpc) is 2.42. The van der Waals surface area contributed by atoms with Gasteiger partial charge in [-0.15, -0.1) is 0 Å². The Balaban J connectivity index is 2.85. The third kappa shape index (κ3) is 4.97. The monoisotopic (exact) mass is 306 g/mol. The van der Waals surface area contributed by atoms with E-state index in [1.54, 1.807) is 7.05 Å². The molecule has 1 aromatic rings. The van der Waals surface area contributed by atoms with E-state index in [1.807, 2.05) is 0 Å². The maximum absolute atomic E-state index is 13.6. The van der Waals surface area contributed by atoms with Crippen LogP contribution in [0.25, 0.3) is 0 Å². The second kappa shape index (κ2) is 7.75. The van der Waals surface area contributed by atoms with Crippen LogP contribution in [-0.4, -0.2) is 31.6 Å². The van der Waals surface area contributed by atoms with E-state index in [2.05, 4.69) is 24.1 Å². The van der Waals surface area contributed by atoms with Crippen LogP contribution in [-0.2, 0) is 6.18 Å². The quantitative estimate of drug-likeness (QED) is 0.770. The topological polar surface area (TPSA) is 15.3 Å². The normalized spacial score (nSPS) is 13.7. The van der Waals surface area contributed by atoms with Crippen molar-refractivity contribution in [1.82, 2.24) is 10.2 Å². The predicted octanol–water partition coefficient (Wildman–Crippen LogP) is 3.84. The van der Waals surface area contributed by atoms with Gasteiger partial charge in [0.1, 0.15) is 5.82 Å². The Morgan fingerprint density at radius 1 is 1.19 bits per heavy atom. The van der Waals surface area contributed by atoms with Gasteiger partial charge in [-0.3, -0.25) is 0 Å². The molecule has 1 rings (SSSR count). The third-order valence-electron chi connectivity index (χ3n) is 3.68. The number of nitrogens with zero attached hydrogens (tertiary/aromatic N) is 1. The van der Waals surface area contributed by atoms with Crippen molar-refractivity contribution >= 4 is 0 Å². The third-order valence-corrected chi connectivity index (χ3v) is 3.68. The first-order valence-electron chi connectivity index (χ1n) is 7.09. The van der Waals surface area contributed by atoms with Crippen LogP contribution in [0.15, 0.2) is 18.2 Å². The Labute approximate surface area is 123 Å². The molecule has 0 spiro atoms. The molecule has 1 N–H and O–H groups in total. The van der Waals surface area contributed by atoms with Gasteiger partial charge >= 0.3 is 6.18 Å². The first-order valence-corrected chi connectivity index (χ1v) is 7.09. The Morgan fingerprint density at radius 3 is 2.24 bits per heavy atom. The first kappa shape index (κ1) is 17.9. The van der Waals surface area contributed by atoms with Gasteiger partial charge in [0.2, 0.25) is 0 Å². The van der Waals surface area contributed by atoms with Crippen molar-refractivity contribution in [1.29, 1.82) is 0 Å². The van der Waals surface area contributed by atoms with Crippen molar-refractivity contribution in [2.45, 2.75) is 32.5 Å². The van der Waals surface area contributed by atoms with Gasteiger partial charge < -0.3 is 10.2 Å². The molecule has 120 valence electrons. The van der Waals surface area contributed by atoms with Gasteiger partial charge in [0.15, 0.2) is 0 Å². The van der Waals surface area contributed by atoms with Crippen LogP contribution in [0.1, 0.15) is 37.4 Å². The Bertz CT molecular complexity index is 442. The van der Waals surface area contributed by atoms with Crippen molar-refractivity contribution in [2.24, 2.45) is 0 Å². The fourth-order valence-corrected chi connectivity index (χ4v) is 2.31. The molecule has 0 aromatic heterocycles. The van der Waals surface area contributed by atoms with E-state index in [1.165, 1.54) is 6.07 Å². The van der Waals surface area contributed by atoms with Gasteiger partial charge in [0.05, 0.1) is 5.56 Å². The van der Waals surface area contributed by atoms with Crippen LogP contribution in [0, 0.1) is 5.82 Å². The smallest absolute Gasteiger partial charge is 0.313 e. The zero-order chi connectivity index (χ0) is 16.0. The van der Waals surface area contributed by atoms with Gasteiger partial charge in [0, 0.05) is 6.04 Å². The van der Waals surface area contributed by atoms with E-state index >= 15 is 0 Å². The summed E-state index contributed by atoms with van der Waals surface area (Å²) < 4.78 is 51.3. The lowest BCUT2D eigenvalue weighted by Gasteiger charge is -2.23. The summed E-state index contributed by atoms with van der Waals surface area (Å²) in [5, 5.41) is 3.03. The van der Waals surface area contributed by atoms with Gasteiger partial charge in [-0.2, -0.15) is 13.2 Å². The molecule has 0 aliphatic heterocycles. The molecule has 0 saturated carbocycles. The standard InChI is InChI=1S/C15H22F4N2/c1-4-21(5-2)9-8-14(20-3)11-6-7-12(13(16)10-11)15(17,18)19/h6-7,10,14,20H,4-5,8-9H2,1-3H3. The number of nitrogens with one attached hydrogen (secondary N) is 1. The zero-order valence-electron chi connectivity index (χ0n) is 12.6. The fourth-order valence-electron chi connectivity index (χ4n) is 2.31. The number of hydrogen-bond donors (Lipinski definition) is 1. The van der Waals surface area contributed by atoms with Crippen molar-refractivity contribution in [2.75, 3.05) is 26.7 Å². The number of halogens is 4. The van der Waals surface area contributed by atoms with Crippen molar-refractivity contribution in [3.63, 3.8) is 0 Å². The minimum atomic E-state index is -4.65. The Kier molecular flexibility index (Phi) is 6.61. The SMILES string of the molecule is CCN(CC)CCC(NC)c1ccc(C(F)(F)F)c(F)c1. The van der Waals surface area contributed by atoms with Gasteiger partial charge in [-0.1, -0.05) is 19.9 Å². The van der Waals surface area contributed by atoms with E-state index in [9.17, 15) is 17.6 Å². The molecule has 0 bridgehead atoms. The highest BCUT2D eigenvalue weighted by molar-refractivity contribution is 5.28. The minimum Gasteiger partial charge on any atom is -0.313 e. The van der Waals surface area contributed by atoms with E-state index in [0.29, 0.717) is 12.0 Å². The van der Waals surface area contributed by atoms with Gasteiger partial charge in [-0.05, 0) is 50.8 Å². The predicted molar refractivity (Wildman–Crippen MR) is 75.6 cm³/mol. The van der Waals surface area contributed by atoms with E-state index in [-0.39, 0.29) is 6.04 Å². The summed E-state index contributed by atoms with van der Waals surface area (Å²) in [6, 6.07) is 2.97. The van der Waals surface area contributed by atoms with Crippen LogP contribution in [0.2, 0.25) is 0 Å². The van der Waals surface area contributed by atoms with Gasteiger partial charge in [0.25, 0.3) is 0 Å². The lowest BCUT2D eigenvalue weighted by atomic mass is 10.0. The summed E-state index contributed by atoms with van der Waals surface area (Å²) in [7, 11) is 1.72. The second-order valence-corrected chi connectivity index (χ2v) is 4.89. The molecule has 0 fully saturated rings. The highest BCUT2D eigenvalue weighted by atomic mass is 19.4. The van der Waals surface area contributed by atoms with Crippen LogP contribution >= 0.6 is 0 Å². The van der Waals surface area contributed by atoms with Crippen LogP contribution < -0.4 is 5.32 Å². The Hall–Kier alpha value is -1.14. The number of hydrogen-bond acceptors (Lipinski definition) is 2. The molecule has 0 amide bonds. The molecule has 1 aromatic carbocycles. The first-order chi connectivity index (χ1) is 9.83. The summed E-state index contributed by atoms with van der Waals surface area (Å²) in [5.41, 5.74) is -0.681. The maximum atomic E-state index is 13.6. The average molecular weight is 306 g/mol. The largest absolute Gasteiger partial charge is 0.419 e. The zero-order valence-corrected chi connectivity index (χ0v) is 12.6. The summed E-state index contributed by atoms with van der Waals surface area (Å²) in [4.78, 5) is 2.21. The van der Waals surface area contributed by atoms with Crippen LogP contribution in [0.5, 0.6) is 0 Å². The molecule has 1 unspecified atom stereocenters.